The van der Waals surface area contributed by atoms with Gasteiger partial charge in [-0.25, -0.2) is 9.37 Å². The Morgan fingerprint density at radius 3 is 2.81 bits per heavy atom. The van der Waals surface area contributed by atoms with Crippen molar-refractivity contribution in [2.75, 3.05) is 18.4 Å². The van der Waals surface area contributed by atoms with Crippen molar-refractivity contribution < 1.29 is 9.18 Å². The molecule has 0 radical (unpaired) electrons. The van der Waals surface area contributed by atoms with Gasteiger partial charge in [-0.2, -0.15) is 5.10 Å². The Hall–Kier alpha value is -2.90. The van der Waals surface area contributed by atoms with Gasteiger partial charge in [0.25, 0.3) is 0 Å². The summed E-state index contributed by atoms with van der Waals surface area (Å²) in [7, 11) is 0. The minimum Gasteiger partial charge on any atom is -0.381 e. The van der Waals surface area contributed by atoms with Crippen LogP contribution in [0.5, 0.6) is 0 Å². The second-order valence-electron chi connectivity index (χ2n) is 8.91. The average Bonchev–Trinajstić information content (AvgIpc) is 3.50. The minimum atomic E-state index is -1.13. The number of carbonyl (C=O) groups excluding carboxylic acids is 1. The van der Waals surface area contributed by atoms with Gasteiger partial charge in [0.05, 0.1) is 24.5 Å². The van der Waals surface area contributed by atoms with Crippen LogP contribution in [0, 0.1) is 6.92 Å². The van der Waals surface area contributed by atoms with Gasteiger partial charge in [0.2, 0.25) is 5.91 Å². The van der Waals surface area contributed by atoms with Crippen molar-refractivity contribution in [2.24, 2.45) is 0 Å². The Morgan fingerprint density at radius 2 is 2.06 bits per heavy atom. The van der Waals surface area contributed by atoms with E-state index in [1.54, 1.807) is 15.8 Å². The van der Waals surface area contributed by atoms with E-state index < -0.39 is 6.17 Å². The van der Waals surface area contributed by atoms with Crippen LogP contribution in [0.4, 0.5) is 10.1 Å². The third kappa shape index (κ3) is 3.68. The van der Waals surface area contributed by atoms with Gasteiger partial charge in [-0.15, -0.1) is 0 Å². The predicted molar refractivity (Wildman–Crippen MR) is 119 cm³/mol. The van der Waals surface area contributed by atoms with Crippen LogP contribution in [0.25, 0.3) is 22.2 Å². The van der Waals surface area contributed by atoms with Gasteiger partial charge < -0.3 is 15.2 Å². The largest absolute Gasteiger partial charge is 0.381 e. The molecule has 1 aliphatic heterocycles. The van der Waals surface area contributed by atoms with Crippen LogP contribution < -0.4 is 5.32 Å². The number of hydrogen-bond donors (Lipinski definition) is 2. The monoisotopic (exact) mass is 424 g/mol. The Kier molecular flexibility index (Phi) is 5.16. The van der Waals surface area contributed by atoms with Crippen molar-refractivity contribution >= 4 is 22.6 Å². The molecule has 1 saturated heterocycles. The van der Waals surface area contributed by atoms with Gasteiger partial charge in [0.15, 0.2) is 0 Å². The summed E-state index contributed by atoms with van der Waals surface area (Å²) in [6.45, 7) is 4.26. The summed E-state index contributed by atoms with van der Waals surface area (Å²) in [5, 5.41) is 9.39. The first-order valence-electron chi connectivity index (χ1n) is 11.2. The van der Waals surface area contributed by atoms with Crippen LogP contribution in [0.2, 0.25) is 0 Å². The molecule has 1 amide bonds. The number of pyridine rings is 1. The van der Waals surface area contributed by atoms with Crippen LogP contribution >= 0.6 is 0 Å². The Morgan fingerprint density at radius 1 is 1.26 bits per heavy atom. The van der Waals surface area contributed by atoms with Gasteiger partial charge in [-0.1, -0.05) is 12.8 Å². The lowest BCUT2D eigenvalue weighted by Gasteiger charge is -2.34. The van der Waals surface area contributed by atoms with Crippen LogP contribution in [0.1, 0.15) is 50.6 Å². The lowest BCUT2D eigenvalue weighted by atomic mass is 10.0. The molecule has 0 spiro atoms. The SMILES string of the molecule is CC(=O)N1CC[C@H](n2cc(-c3cnc4[nH]cc(C)c4c3NC3CCCC3)cn2)[C@@H](F)C1. The number of nitrogens with one attached hydrogen (secondary N) is 2. The molecule has 5 rings (SSSR count). The van der Waals surface area contributed by atoms with E-state index in [-0.39, 0.29) is 18.5 Å². The predicted octanol–water partition coefficient (Wildman–Crippen LogP) is 4.22. The highest BCUT2D eigenvalue weighted by atomic mass is 19.1. The van der Waals surface area contributed by atoms with E-state index in [1.807, 2.05) is 18.6 Å². The maximum Gasteiger partial charge on any atom is 0.219 e. The van der Waals surface area contributed by atoms with Crippen molar-refractivity contribution in [1.82, 2.24) is 24.6 Å². The first-order chi connectivity index (χ1) is 15.0. The number of likely N-dealkylation sites (tertiary alicyclic amines) is 1. The van der Waals surface area contributed by atoms with Gasteiger partial charge in [0.1, 0.15) is 11.8 Å². The highest BCUT2D eigenvalue weighted by Crippen LogP contribution is 2.38. The molecule has 2 atom stereocenters. The number of nitrogens with zero attached hydrogens (tertiary/aromatic N) is 4. The van der Waals surface area contributed by atoms with E-state index in [4.69, 9.17) is 0 Å². The third-order valence-corrected chi connectivity index (χ3v) is 6.81. The maximum absolute atomic E-state index is 14.8. The van der Waals surface area contributed by atoms with Gasteiger partial charge in [-0.05, 0) is 31.7 Å². The molecule has 0 aromatic carbocycles. The molecule has 8 heteroatoms. The molecule has 2 fully saturated rings. The molecule has 4 heterocycles. The number of hydrogen-bond acceptors (Lipinski definition) is 4. The molecular formula is C23H29FN6O. The summed E-state index contributed by atoms with van der Waals surface area (Å²) >= 11 is 0. The molecule has 3 aromatic heterocycles. The number of aromatic amines is 1. The number of rotatable bonds is 4. The number of carbonyl (C=O) groups is 1. The van der Waals surface area contributed by atoms with E-state index >= 15 is 0 Å². The lowest BCUT2D eigenvalue weighted by molar-refractivity contribution is -0.131. The first kappa shape index (κ1) is 20.0. The molecule has 164 valence electrons. The summed E-state index contributed by atoms with van der Waals surface area (Å²) in [5.41, 5.74) is 5.02. The number of fused-ring (bicyclic) bond motifs is 1. The summed E-state index contributed by atoms with van der Waals surface area (Å²) in [6, 6.07) is 0.0982. The summed E-state index contributed by atoms with van der Waals surface area (Å²) < 4.78 is 16.6. The molecule has 7 nitrogen and oxygen atoms in total. The minimum absolute atomic E-state index is 0.0777. The van der Waals surface area contributed by atoms with Crippen molar-refractivity contribution in [2.45, 2.75) is 64.2 Å². The summed E-state index contributed by atoms with van der Waals surface area (Å²) in [4.78, 5) is 21.0. The number of H-pyrrole nitrogens is 1. The van der Waals surface area contributed by atoms with E-state index in [0.717, 1.165) is 33.4 Å². The van der Waals surface area contributed by atoms with E-state index in [0.29, 0.717) is 19.0 Å². The standard InChI is InChI=1S/C23H29FN6O/c1-14-9-25-23-21(14)22(28-17-5-3-4-6-17)18(11-26-23)16-10-27-30(12-16)20-7-8-29(15(2)31)13-19(20)24/h9-12,17,19-20H,3-8,13H2,1-2H3,(H2,25,26,28)/t19-,20-/m0/s1. The number of halogens is 1. The summed E-state index contributed by atoms with van der Waals surface area (Å²) in [5.74, 6) is -0.0777. The number of anilines is 1. The lowest BCUT2D eigenvalue weighted by Crippen LogP contribution is -2.44. The number of alkyl halides is 1. The Bertz CT molecular complexity index is 1100. The zero-order chi connectivity index (χ0) is 21.5. The Balaban J connectivity index is 1.48. The fraction of sp³-hybridized carbons (Fsp3) is 0.522. The zero-order valence-corrected chi connectivity index (χ0v) is 18.1. The molecule has 2 N–H and O–H groups in total. The van der Waals surface area contributed by atoms with Crippen molar-refractivity contribution in [1.29, 1.82) is 0 Å². The van der Waals surface area contributed by atoms with Crippen LogP contribution in [0.15, 0.2) is 24.8 Å². The molecule has 2 aliphatic rings. The zero-order valence-electron chi connectivity index (χ0n) is 18.1. The number of amides is 1. The Labute approximate surface area is 181 Å². The van der Waals surface area contributed by atoms with Crippen molar-refractivity contribution in [3.63, 3.8) is 0 Å². The smallest absolute Gasteiger partial charge is 0.219 e. The number of piperidine rings is 1. The fourth-order valence-electron chi connectivity index (χ4n) is 5.03. The second-order valence-corrected chi connectivity index (χ2v) is 8.91. The molecule has 1 saturated carbocycles. The third-order valence-electron chi connectivity index (χ3n) is 6.81. The van der Waals surface area contributed by atoms with Gasteiger partial charge >= 0.3 is 0 Å². The van der Waals surface area contributed by atoms with Gasteiger partial charge in [0, 0.05) is 54.6 Å². The molecule has 31 heavy (non-hydrogen) atoms. The van der Waals surface area contributed by atoms with Gasteiger partial charge in [-0.3, -0.25) is 9.48 Å². The molecule has 0 bridgehead atoms. The molecular weight excluding hydrogens is 395 g/mol. The number of aromatic nitrogens is 4. The van der Waals surface area contributed by atoms with Crippen LogP contribution in [-0.4, -0.2) is 55.9 Å². The van der Waals surface area contributed by atoms with E-state index in [1.165, 1.54) is 32.6 Å². The maximum atomic E-state index is 14.8. The topological polar surface area (TPSA) is 78.8 Å². The molecule has 0 unspecified atom stereocenters. The van der Waals surface area contributed by atoms with E-state index in [9.17, 15) is 9.18 Å². The average molecular weight is 425 g/mol. The summed E-state index contributed by atoms with van der Waals surface area (Å²) in [6.07, 6.45) is 11.9. The van der Waals surface area contributed by atoms with E-state index in [2.05, 4.69) is 27.3 Å². The van der Waals surface area contributed by atoms with Crippen molar-refractivity contribution in [3.05, 3.63) is 30.4 Å². The molecule has 1 aliphatic carbocycles. The van der Waals surface area contributed by atoms with Crippen molar-refractivity contribution in [3.8, 4) is 11.1 Å². The number of aryl methyl sites for hydroxylation is 1. The highest BCUT2D eigenvalue weighted by molar-refractivity contribution is 6.00. The fourth-order valence-corrected chi connectivity index (χ4v) is 5.03. The molecule has 3 aromatic rings. The normalized spacial score (nSPS) is 22.4. The quantitative estimate of drug-likeness (QED) is 0.657. The van der Waals surface area contributed by atoms with Crippen LogP contribution in [0.3, 0.4) is 0 Å². The van der Waals surface area contributed by atoms with Crippen LogP contribution in [-0.2, 0) is 4.79 Å². The first-order valence-corrected chi connectivity index (χ1v) is 11.2. The highest BCUT2D eigenvalue weighted by Gasteiger charge is 2.32. The second kappa shape index (κ2) is 7.98.